The molecule has 0 atom stereocenters. The lowest BCUT2D eigenvalue weighted by Gasteiger charge is -2.12. The Balaban J connectivity index is 0.00000126. The summed E-state index contributed by atoms with van der Waals surface area (Å²) in [6.45, 7) is 4.00. The summed E-state index contributed by atoms with van der Waals surface area (Å²) in [6.07, 6.45) is -4.68. The lowest BCUT2D eigenvalue weighted by atomic mass is 9.99. The van der Waals surface area contributed by atoms with Crippen molar-refractivity contribution in [1.29, 1.82) is 0 Å². The van der Waals surface area contributed by atoms with Crippen LogP contribution in [0.4, 0.5) is 13.2 Å². The molecule has 0 saturated carbocycles. The Labute approximate surface area is 152 Å². The number of halogens is 3. The highest BCUT2D eigenvalue weighted by Gasteiger charge is 2.35. The number of aromatic nitrogens is 2. The number of hydrogen-bond acceptors (Lipinski definition) is 3. The predicted octanol–water partition coefficient (Wildman–Crippen LogP) is 4.26. The zero-order chi connectivity index (χ0) is 20.2. The Morgan fingerprint density at radius 3 is 2.33 bits per heavy atom. The summed E-state index contributed by atoms with van der Waals surface area (Å²) >= 11 is 0. The Bertz CT molecular complexity index is 1030. The van der Waals surface area contributed by atoms with E-state index in [9.17, 15) is 22.8 Å². The number of fused-ring (bicyclic) bond motifs is 1. The largest absolute Gasteiger partial charge is 0.478 e. The standard InChI is InChI=1S/C17H11F3N2O3.C2H6/c18-17(19,20)13-6-5-9(7-12(13)16(24)25)8-14-10-3-1-2-4-11(10)15(23)22-21-14;1-2/h1-7H,8H2,(H,22,23)(H,24,25);1-2H3. The summed E-state index contributed by atoms with van der Waals surface area (Å²) < 4.78 is 38.7. The van der Waals surface area contributed by atoms with Crippen molar-refractivity contribution < 1.29 is 23.1 Å². The number of hydrogen-bond donors (Lipinski definition) is 2. The number of H-pyrrole nitrogens is 1. The molecule has 1 aromatic heterocycles. The number of alkyl halides is 3. The number of nitrogens with zero attached hydrogens (tertiary/aromatic N) is 1. The third-order valence-corrected chi connectivity index (χ3v) is 3.77. The molecule has 27 heavy (non-hydrogen) atoms. The number of carboxylic acids is 1. The van der Waals surface area contributed by atoms with Gasteiger partial charge < -0.3 is 5.11 Å². The summed E-state index contributed by atoms with van der Waals surface area (Å²) in [7, 11) is 0. The number of carboxylic acid groups (broad SMARTS) is 1. The summed E-state index contributed by atoms with van der Waals surface area (Å²) in [5, 5.41) is 16.3. The number of nitrogens with one attached hydrogen (secondary N) is 1. The van der Waals surface area contributed by atoms with Crippen LogP contribution in [-0.2, 0) is 12.6 Å². The monoisotopic (exact) mass is 378 g/mol. The van der Waals surface area contributed by atoms with Crippen molar-refractivity contribution in [3.63, 3.8) is 0 Å². The molecule has 8 heteroatoms. The van der Waals surface area contributed by atoms with Gasteiger partial charge in [0.2, 0.25) is 0 Å². The van der Waals surface area contributed by atoms with Gasteiger partial charge in [0, 0.05) is 11.8 Å². The molecule has 0 amide bonds. The van der Waals surface area contributed by atoms with Crippen molar-refractivity contribution in [2.24, 2.45) is 0 Å². The second-order valence-electron chi connectivity index (χ2n) is 5.40. The third-order valence-electron chi connectivity index (χ3n) is 3.77. The summed E-state index contributed by atoms with van der Waals surface area (Å²) in [5.41, 5.74) is -1.62. The van der Waals surface area contributed by atoms with Gasteiger partial charge in [-0.1, -0.05) is 38.1 Å². The number of benzene rings is 2. The molecule has 142 valence electrons. The molecule has 0 aliphatic heterocycles. The molecular weight excluding hydrogens is 361 g/mol. The van der Waals surface area contributed by atoms with Gasteiger partial charge >= 0.3 is 12.1 Å². The average Bonchev–Trinajstić information content (AvgIpc) is 2.65. The van der Waals surface area contributed by atoms with Crippen LogP contribution in [0.3, 0.4) is 0 Å². The van der Waals surface area contributed by atoms with Crippen LogP contribution in [0.25, 0.3) is 10.8 Å². The molecule has 1 heterocycles. The first-order valence-corrected chi connectivity index (χ1v) is 8.17. The predicted molar refractivity (Wildman–Crippen MR) is 94.9 cm³/mol. The fourth-order valence-corrected chi connectivity index (χ4v) is 2.63. The molecule has 0 unspecified atom stereocenters. The molecule has 5 nitrogen and oxygen atoms in total. The lowest BCUT2D eigenvalue weighted by molar-refractivity contribution is -0.138. The fraction of sp³-hybridized carbons (Fsp3) is 0.211. The van der Waals surface area contributed by atoms with Crippen molar-refractivity contribution in [3.8, 4) is 0 Å². The highest BCUT2D eigenvalue weighted by atomic mass is 19.4. The fourth-order valence-electron chi connectivity index (χ4n) is 2.63. The van der Waals surface area contributed by atoms with Gasteiger partial charge in [-0.15, -0.1) is 0 Å². The summed E-state index contributed by atoms with van der Waals surface area (Å²) in [5.74, 6) is -1.66. The number of aromatic carboxylic acids is 1. The lowest BCUT2D eigenvalue weighted by Crippen LogP contribution is -2.14. The number of carbonyl (C=O) groups is 1. The SMILES string of the molecule is CC.O=C(O)c1cc(Cc2n[nH]c(=O)c3ccccc23)ccc1C(F)(F)F. The van der Waals surface area contributed by atoms with Crippen LogP contribution in [0.2, 0.25) is 0 Å². The van der Waals surface area contributed by atoms with Gasteiger partial charge in [-0.25, -0.2) is 9.89 Å². The Morgan fingerprint density at radius 1 is 1.11 bits per heavy atom. The van der Waals surface area contributed by atoms with Crippen molar-refractivity contribution in [2.45, 2.75) is 26.4 Å². The Kier molecular flexibility index (Phi) is 5.99. The smallest absolute Gasteiger partial charge is 0.417 e. The maximum atomic E-state index is 12.9. The molecule has 0 spiro atoms. The van der Waals surface area contributed by atoms with E-state index in [-0.39, 0.29) is 12.0 Å². The maximum Gasteiger partial charge on any atom is 0.417 e. The normalized spacial score (nSPS) is 11.0. The number of aromatic amines is 1. The van der Waals surface area contributed by atoms with Gasteiger partial charge in [0.25, 0.3) is 5.56 Å². The first kappa shape index (κ1) is 20.2. The molecular formula is C19H17F3N2O3. The highest BCUT2D eigenvalue weighted by Crippen LogP contribution is 2.33. The zero-order valence-corrected chi connectivity index (χ0v) is 14.6. The van der Waals surface area contributed by atoms with Crippen LogP contribution in [0.5, 0.6) is 0 Å². The van der Waals surface area contributed by atoms with E-state index < -0.39 is 23.3 Å². The first-order valence-electron chi connectivity index (χ1n) is 8.17. The molecule has 0 radical (unpaired) electrons. The van der Waals surface area contributed by atoms with Gasteiger partial charge in [0.15, 0.2) is 0 Å². The topological polar surface area (TPSA) is 83.0 Å². The van der Waals surface area contributed by atoms with Crippen LogP contribution >= 0.6 is 0 Å². The van der Waals surface area contributed by atoms with E-state index in [1.165, 1.54) is 6.07 Å². The second kappa shape index (κ2) is 8.03. The van der Waals surface area contributed by atoms with Crippen molar-refractivity contribution in [1.82, 2.24) is 10.2 Å². The van der Waals surface area contributed by atoms with Crippen LogP contribution in [0, 0.1) is 0 Å². The highest BCUT2D eigenvalue weighted by molar-refractivity contribution is 5.90. The van der Waals surface area contributed by atoms with Crippen molar-refractivity contribution >= 4 is 16.7 Å². The van der Waals surface area contributed by atoms with Gasteiger partial charge in [-0.05, 0) is 23.8 Å². The quantitative estimate of drug-likeness (QED) is 0.713. The number of rotatable bonds is 3. The van der Waals surface area contributed by atoms with Crippen LogP contribution in [0.15, 0.2) is 47.3 Å². The van der Waals surface area contributed by atoms with Gasteiger partial charge in [-0.2, -0.15) is 18.3 Å². The Hall–Kier alpha value is -3.16. The summed E-state index contributed by atoms with van der Waals surface area (Å²) in [4.78, 5) is 22.9. The van der Waals surface area contributed by atoms with E-state index in [4.69, 9.17) is 5.11 Å². The third kappa shape index (κ3) is 4.33. The molecule has 0 saturated heterocycles. The summed E-state index contributed by atoms with van der Waals surface area (Å²) in [6, 6.07) is 9.60. The molecule has 3 rings (SSSR count). The van der Waals surface area contributed by atoms with Crippen LogP contribution < -0.4 is 5.56 Å². The minimum Gasteiger partial charge on any atom is -0.478 e. The van der Waals surface area contributed by atoms with E-state index in [0.29, 0.717) is 22.0 Å². The van der Waals surface area contributed by atoms with Gasteiger partial charge in [-0.3, -0.25) is 4.79 Å². The maximum absolute atomic E-state index is 12.9. The minimum atomic E-state index is -4.75. The van der Waals surface area contributed by atoms with E-state index in [2.05, 4.69) is 10.2 Å². The Morgan fingerprint density at radius 2 is 1.74 bits per heavy atom. The average molecular weight is 378 g/mol. The minimum absolute atomic E-state index is 0.0791. The van der Waals surface area contributed by atoms with E-state index in [0.717, 1.165) is 12.1 Å². The van der Waals surface area contributed by atoms with Crippen LogP contribution in [-0.4, -0.2) is 21.3 Å². The molecule has 0 fully saturated rings. The molecule has 2 N–H and O–H groups in total. The zero-order valence-electron chi connectivity index (χ0n) is 14.6. The molecule has 3 aromatic rings. The first-order chi connectivity index (χ1) is 12.8. The van der Waals surface area contributed by atoms with Crippen molar-refractivity contribution in [2.75, 3.05) is 0 Å². The van der Waals surface area contributed by atoms with Gasteiger partial charge in [0.05, 0.1) is 22.2 Å². The van der Waals surface area contributed by atoms with E-state index in [1.807, 2.05) is 13.8 Å². The molecule has 0 aliphatic rings. The van der Waals surface area contributed by atoms with Crippen molar-refractivity contribution in [3.05, 3.63) is 75.2 Å². The molecule has 0 aliphatic carbocycles. The van der Waals surface area contributed by atoms with E-state index >= 15 is 0 Å². The molecule has 0 bridgehead atoms. The van der Waals surface area contributed by atoms with Crippen LogP contribution in [0.1, 0.15) is 41.0 Å². The molecule has 2 aromatic carbocycles. The van der Waals surface area contributed by atoms with E-state index in [1.54, 1.807) is 24.3 Å². The second-order valence-corrected chi connectivity index (χ2v) is 5.40. The van der Waals surface area contributed by atoms with Gasteiger partial charge in [0.1, 0.15) is 0 Å².